The molecule has 2 unspecified atom stereocenters. The van der Waals surface area contributed by atoms with E-state index >= 15 is 0 Å². The minimum Gasteiger partial charge on any atom is -0.870 e. The smallest absolute Gasteiger partial charge is 0.870 e. The molecule has 514 valence electrons. The van der Waals surface area contributed by atoms with Crippen molar-refractivity contribution < 1.29 is 101 Å². The summed E-state index contributed by atoms with van der Waals surface area (Å²) in [6.07, 6.45) is 14.5. The molecule has 0 aromatic heterocycles. The first-order chi connectivity index (χ1) is 40.1. The second-order valence-electron chi connectivity index (χ2n) is 27.2. The Bertz CT molecular complexity index is 2290. The predicted molar refractivity (Wildman–Crippen MR) is 354 cm³/mol. The van der Waals surface area contributed by atoms with E-state index in [9.17, 15) is 38.4 Å². The summed E-state index contributed by atoms with van der Waals surface area (Å²) in [7, 11) is 3.96. The molecule has 20 nitrogen and oxygen atoms in total. The topological polar surface area (TPSA) is 298 Å². The van der Waals surface area contributed by atoms with E-state index in [1.807, 2.05) is 78.0 Å². The fourth-order valence-corrected chi connectivity index (χ4v) is 5.79. The van der Waals surface area contributed by atoms with Gasteiger partial charge in [0.15, 0.2) is 0 Å². The fourth-order valence-electron chi connectivity index (χ4n) is 5.79. The molecule has 0 saturated heterocycles. The number of aliphatic hydroxyl groups excluding tert-OH is 1. The van der Waals surface area contributed by atoms with Crippen molar-refractivity contribution in [3.63, 3.8) is 0 Å². The van der Waals surface area contributed by atoms with E-state index in [0.717, 1.165) is 44.0 Å². The van der Waals surface area contributed by atoms with Crippen LogP contribution in [0.3, 0.4) is 0 Å². The van der Waals surface area contributed by atoms with Crippen LogP contribution < -0.4 is 34.8 Å². The number of rotatable bonds is 28. The number of carboxylic acids is 1. The molecule has 21 heteroatoms. The van der Waals surface area contributed by atoms with E-state index in [1.54, 1.807) is 65.8 Å². The van der Waals surface area contributed by atoms with Crippen molar-refractivity contribution in [1.82, 2.24) is 16.0 Å². The number of methoxy groups -OCH3 is 3. The first kappa shape index (κ1) is 97.4. The summed E-state index contributed by atoms with van der Waals surface area (Å²) in [6.45, 7) is 54.0. The molecular formula is C69H120LiN3O17. The standard InChI is InChI=1S/C18H23NO4.C15H29NO4.C14H27NO4.C8H14O2.C7H14O.C7H12O.Li.H2O/c1-5-18(2,3)12-11-15(16(20)22-4)19-17(21)23-13-14-9-7-6-8-10-14;1-8-15(5,6)10-9-11(12(17)19-7)16-13(18)20-14(2,3)4;1-7-14(5,6)9-8-10(11(16)17)15-12(18)19-13(2,3)4;1-5-8(2,3)6-7(9)10-4;2*1-4-7(2,3)5-6-8;;/h5-11H,1,12-13H2,2-4H3,(H,19,21);11H,8-10H2,1-7H3,(H,16,18);10H,7-9H2,1-6H3,(H,15,18)(H,16,17);5H,1,6H2,2-4H3;4,8H,1,5-6H2,2-3H3;4,6H,1,5H2,2-3H3;;1H2/q;;;;;;+1;/p-1/b15-11-;;;;;;;. The van der Waals surface area contributed by atoms with Crippen molar-refractivity contribution in [2.24, 2.45) is 32.5 Å². The van der Waals surface area contributed by atoms with Gasteiger partial charge in [0, 0.05) is 13.0 Å². The van der Waals surface area contributed by atoms with Gasteiger partial charge in [-0.05, 0) is 118 Å². The molecule has 3 amide bonds. The van der Waals surface area contributed by atoms with Crippen LogP contribution in [-0.2, 0) is 59.0 Å². The van der Waals surface area contributed by atoms with Crippen LogP contribution in [0.1, 0.15) is 208 Å². The molecule has 1 aromatic rings. The normalized spacial score (nSPS) is 12.0. The predicted octanol–water partition coefficient (Wildman–Crippen LogP) is 12.0. The summed E-state index contributed by atoms with van der Waals surface area (Å²) in [5.41, 5.74) is -0.355. The molecule has 0 aliphatic rings. The van der Waals surface area contributed by atoms with Gasteiger partial charge < -0.3 is 59.5 Å². The average molecular weight is 1270 g/mol. The van der Waals surface area contributed by atoms with Crippen LogP contribution in [0.15, 0.2) is 92.7 Å². The van der Waals surface area contributed by atoms with Gasteiger partial charge in [0.25, 0.3) is 0 Å². The quantitative estimate of drug-likeness (QED) is 0.0130. The number of aliphatic hydroxyl groups is 1. The first-order valence-corrected chi connectivity index (χ1v) is 29.8. The van der Waals surface area contributed by atoms with Gasteiger partial charge in [0.2, 0.25) is 0 Å². The molecule has 0 bridgehead atoms. The number of amides is 3. The third-order valence-electron chi connectivity index (χ3n) is 13.4. The van der Waals surface area contributed by atoms with Crippen LogP contribution >= 0.6 is 0 Å². The molecule has 0 aliphatic heterocycles. The van der Waals surface area contributed by atoms with E-state index in [0.29, 0.717) is 32.1 Å². The SMILES string of the molecule is C=CC(C)(C)C/C=C(\NC(=O)OCc1ccccc1)C(=O)OC.C=CC(C)(C)CC(=O)OC.C=CC(C)(C)CC=O.C=CC(C)(C)CCO.CCC(C)(C)CCC(NC(=O)OC(C)(C)C)C(=O)O.CCC(C)(C)CCC(NC(=O)OC(C)(C)C)C(=O)OC.[Li+].[OH-]. The minimum atomic E-state index is -1.03. The molecule has 0 spiro atoms. The van der Waals surface area contributed by atoms with Crippen LogP contribution in [-0.4, -0.2) is 115 Å². The van der Waals surface area contributed by atoms with Crippen LogP contribution in [0.4, 0.5) is 14.4 Å². The van der Waals surface area contributed by atoms with Crippen molar-refractivity contribution >= 4 is 48.4 Å². The van der Waals surface area contributed by atoms with Crippen molar-refractivity contribution in [1.29, 1.82) is 0 Å². The Kier molecular flexibility index (Phi) is 52.6. The molecule has 0 fully saturated rings. The maximum Gasteiger partial charge on any atom is 1.00 e. The molecule has 2 atom stereocenters. The largest absolute Gasteiger partial charge is 1.00 e. The molecule has 1 aromatic carbocycles. The molecule has 90 heavy (non-hydrogen) atoms. The summed E-state index contributed by atoms with van der Waals surface area (Å²) in [5.74, 6) is -2.29. The fraction of sp³-hybridized carbons (Fsp3) is 0.652. The number of allylic oxidation sites excluding steroid dienone is 5. The van der Waals surface area contributed by atoms with Crippen molar-refractivity contribution in [2.45, 2.75) is 233 Å². The van der Waals surface area contributed by atoms with Gasteiger partial charge in [-0.3, -0.25) is 10.1 Å². The van der Waals surface area contributed by atoms with Gasteiger partial charge in [0.05, 0.1) is 27.8 Å². The maximum absolute atomic E-state index is 11.8. The summed E-state index contributed by atoms with van der Waals surface area (Å²) < 4.78 is 29.2. The van der Waals surface area contributed by atoms with Gasteiger partial charge in [0.1, 0.15) is 41.9 Å². The second-order valence-corrected chi connectivity index (χ2v) is 27.2. The molecular weight excluding hydrogens is 1150 g/mol. The van der Waals surface area contributed by atoms with Gasteiger partial charge in [-0.25, -0.2) is 28.8 Å². The van der Waals surface area contributed by atoms with Crippen molar-refractivity contribution in [3.8, 4) is 0 Å². The van der Waals surface area contributed by atoms with Crippen LogP contribution in [0.2, 0.25) is 0 Å². The Balaban J connectivity index is -0.000000191. The zero-order valence-electron chi connectivity index (χ0n) is 59.9. The molecule has 0 saturated carbocycles. The van der Waals surface area contributed by atoms with Crippen LogP contribution in [0.5, 0.6) is 0 Å². The Hall–Kier alpha value is -6.20. The third kappa shape index (κ3) is 58.2. The van der Waals surface area contributed by atoms with Crippen LogP contribution in [0.25, 0.3) is 0 Å². The number of hydrogen-bond donors (Lipinski definition) is 5. The minimum absolute atomic E-state index is 0. The molecule has 0 aliphatic carbocycles. The summed E-state index contributed by atoms with van der Waals surface area (Å²) in [5, 5.41) is 25.0. The maximum atomic E-state index is 11.8. The van der Waals surface area contributed by atoms with E-state index < -0.39 is 59.5 Å². The van der Waals surface area contributed by atoms with Gasteiger partial charge >= 0.3 is 61.0 Å². The van der Waals surface area contributed by atoms with E-state index in [1.165, 1.54) is 21.3 Å². The molecule has 1 rings (SSSR count). The monoisotopic (exact) mass is 1270 g/mol. The number of aliphatic carboxylic acids is 1. The number of carbonyl (C=O) groups excluding carboxylic acids is 7. The van der Waals surface area contributed by atoms with Crippen molar-refractivity contribution in [3.05, 3.63) is 98.3 Å². The van der Waals surface area contributed by atoms with E-state index in [-0.39, 0.29) is 81.7 Å². The van der Waals surface area contributed by atoms with Crippen molar-refractivity contribution in [2.75, 3.05) is 27.9 Å². The molecule has 0 heterocycles. The number of aldehydes is 1. The Morgan fingerprint density at radius 1 is 0.567 bits per heavy atom. The molecule has 6 N–H and O–H groups in total. The van der Waals surface area contributed by atoms with Gasteiger partial charge in [-0.1, -0.05) is 170 Å². The van der Waals surface area contributed by atoms with Crippen LogP contribution in [0, 0.1) is 32.5 Å². The summed E-state index contributed by atoms with van der Waals surface area (Å²) in [4.78, 5) is 90.4. The zero-order valence-corrected chi connectivity index (χ0v) is 59.9. The number of esters is 3. The van der Waals surface area contributed by atoms with Gasteiger partial charge in [-0.2, -0.15) is 0 Å². The number of nitrogens with one attached hydrogen (secondary N) is 3. The van der Waals surface area contributed by atoms with E-state index in [2.05, 4.69) is 107 Å². The second kappa shape index (κ2) is 48.6. The number of ether oxygens (including phenoxy) is 6. The summed E-state index contributed by atoms with van der Waals surface area (Å²) in [6, 6.07) is 7.71. The number of alkyl carbamates (subject to hydrolysis) is 3. The van der Waals surface area contributed by atoms with Gasteiger partial charge in [-0.15, -0.1) is 26.3 Å². The first-order valence-electron chi connectivity index (χ1n) is 29.8. The Morgan fingerprint density at radius 2 is 0.978 bits per heavy atom. The third-order valence-corrected chi connectivity index (χ3v) is 13.4. The number of hydrogen-bond acceptors (Lipinski definition) is 16. The number of benzene rings is 1. The Labute approximate surface area is 554 Å². The Morgan fingerprint density at radius 3 is 1.30 bits per heavy atom. The average Bonchev–Trinajstić information content (AvgIpc) is 3.57. The zero-order chi connectivity index (χ0) is 70.0. The molecule has 0 radical (unpaired) electrons. The summed E-state index contributed by atoms with van der Waals surface area (Å²) >= 11 is 0. The van der Waals surface area contributed by atoms with E-state index in [4.69, 9.17) is 29.2 Å². The number of carbonyl (C=O) groups is 8. The number of carboxylic acid groups (broad SMARTS) is 1.